The van der Waals surface area contributed by atoms with Crippen LogP contribution in [0, 0.1) is 6.92 Å². The van der Waals surface area contributed by atoms with Gasteiger partial charge in [-0.15, -0.1) is 11.3 Å². The van der Waals surface area contributed by atoms with Gasteiger partial charge in [-0.25, -0.2) is 9.78 Å². The Morgan fingerprint density at radius 2 is 2.11 bits per heavy atom. The molecule has 0 aliphatic heterocycles. The summed E-state index contributed by atoms with van der Waals surface area (Å²) in [4.78, 5) is 31.5. The van der Waals surface area contributed by atoms with Gasteiger partial charge in [0.15, 0.2) is 4.96 Å². The molecule has 4 aromatic rings. The highest BCUT2D eigenvalue weighted by Gasteiger charge is 2.21. The molecule has 3 heterocycles. The highest BCUT2D eigenvalue weighted by molar-refractivity contribution is 7.17. The van der Waals surface area contributed by atoms with Crippen LogP contribution in [0.1, 0.15) is 45.2 Å². The van der Waals surface area contributed by atoms with Crippen LogP contribution in [0.25, 0.3) is 15.9 Å². The van der Waals surface area contributed by atoms with Crippen LogP contribution in [-0.4, -0.2) is 15.4 Å². The van der Waals surface area contributed by atoms with Crippen molar-refractivity contribution in [2.75, 3.05) is 0 Å². The van der Waals surface area contributed by atoms with Crippen LogP contribution in [0.3, 0.4) is 0 Å². The Kier molecular flexibility index (Phi) is 4.05. The number of benzene rings is 1. The molecular weight excluding hydrogens is 376 g/mol. The van der Waals surface area contributed by atoms with Gasteiger partial charge >= 0.3 is 5.97 Å². The standard InChI is InChI=1S/C21H18N2O4S/c1-12-14-6-2-4-8-16(14)27-19(12)20(25)26-11-13-10-18(24)23-15-7-3-5-9-17(15)28-21(23)22-13/h2,4,6,8,10H,3,5,7,9,11H2,1H3. The van der Waals surface area contributed by atoms with Gasteiger partial charge in [-0.3, -0.25) is 9.20 Å². The number of para-hydroxylation sites is 1. The first-order valence-electron chi connectivity index (χ1n) is 9.30. The Bertz CT molecular complexity index is 1280. The molecule has 1 aliphatic carbocycles. The third kappa shape index (κ3) is 2.74. The van der Waals surface area contributed by atoms with E-state index in [0.717, 1.165) is 42.3 Å². The smallest absolute Gasteiger partial charge is 0.374 e. The highest BCUT2D eigenvalue weighted by Crippen LogP contribution is 2.28. The van der Waals surface area contributed by atoms with E-state index in [1.807, 2.05) is 31.2 Å². The summed E-state index contributed by atoms with van der Waals surface area (Å²) in [6.07, 6.45) is 4.16. The van der Waals surface area contributed by atoms with E-state index in [0.29, 0.717) is 16.2 Å². The first kappa shape index (κ1) is 17.2. The fraction of sp³-hybridized carbons (Fsp3) is 0.286. The Hall–Kier alpha value is -2.93. The van der Waals surface area contributed by atoms with Gasteiger partial charge in [0.05, 0.1) is 5.69 Å². The zero-order chi connectivity index (χ0) is 19.3. The molecule has 5 rings (SSSR count). The number of nitrogens with zero attached hydrogens (tertiary/aromatic N) is 2. The molecule has 142 valence electrons. The lowest BCUT2D eigenvalue weighted by Crippen LogP contribution is -2.18. The van der Waals surface area contributed by atoms with E-state index in [1.165, 1.54) is 10.9 Å². The first-order chi connectivity index (χ1) is 13.6. The predicted molar refractivity (Wildman–Crippen MR) is 106 cm³/mol. The highest BCUT2D eigenvalue weighted by atomic mass is 32.1. The van der Waals surface area contributed by atoms with Gasteiger partial charge in [0.1, 0.15) is 12.2 Å². The molecule has 6 nitrogen and oxygen atoms in total. The molecular formula is C21H18N2O4S. The van der Waals surface area contributed by atoms with Crippen LogP contribution in [0.2, 0.25) is 0 Å². The van der Waals surface area contributed by atoms with Crippen LogP contribution < -0.4 is 5.56 Å². The summed E-state index contributed by atoms with van der Waals surface area (Å²) in [6.45, 7) is 1.76. The third-order valence-corrected chi connectivity index (χ3v) is 6.34. The Labute approximate surface area is 164 Å². The van der Waals surface area contributed by atoms with Crippen LogP contribution in [0.15, 0.2) is 39.5 Å². The number of aromatic nitrogens is 2. The molecule has 3 aromatic heterocycles. The number of rotatable bonds is 3. The molecule has 0 fully saturated rings. The van der Waals surface area contributed by atoms with Crippen molar-refractivity contribution in [2.45, 2.75) is 39.2 Å². The Morgan fingerprint density at radius 1 is 1.29 bits per heavy atom. The first-order valence-corrected chi connectivity index (χ1v) is 10.1. The fourth-order valence-corrected chi connectivity index (χ4v) is 5.02. The number of carbonyl (C=O) groups excluding carboxylic acids is 1. The minimum absolute atomic E-state index is 0.0658. The van der Waals surface area contributed by atoms with Crippen molar-refractivity contribution in [3.05, 3.63) is 68.3 Å². The summed E-state index contributed by atoms with van der Waals surface area (Å²) in [5.41, 5.74) is 2.81. The van der Waals surface area contributed by atoms with Crippen molar-refractivity contribution in [1.29, 1.82) is 0 Å². The molecule has 28 heavy (non-hydrogen) atoms. The number of hydrogen-bond donors (Lipinski definition) is 0. The molecule has 0 saturated heterocycles. The molecule has 1 aliphatic rings. The maximum atomic E-state index is 12.6. The van der Waals surface area contributed by atoms with Crippen LogP contribution in [-0.2, 0) is 24.2 Å². The van der Waals surface area contributed by atoms with E-state index in [1.54, 1.807) is 15.7 Å². The van der Waals surface area contributed by atoms with Crippen molar-refractivity contribution in [3.63, 3.8) is 0 Å². The monoisotopic (exact) mass is 394 g/mol. The summed E-state index contributed by atoms with van der Waals surface area (Å²) in [5.74, 6) is -0.369. The average molecular weight is 394 g/mol. The molecule has 0 saturated carbocycles. The number of thiazole rings is 1. The minimum atomic E-state index is -0.554. The molecule has 7 heteroatoms. The SMILES string of the molecule is Cc1c(C(=O)OCc2cc(=O)n3c4c(sc3n2)CCCC4)oc2ccccc12. The third-order valence-electron chi connectivity index (χ3n) is 5.19. The largest absolute Gasteiger partial charge is 0.453 e. The molecule has 0 spiro atoms. The summed E-state index contributed by atoms with van der Waals surface area (Å²) < 4.78 is 12.7. The number of aryl methyl sites for hydroxylation is 3. The van der Waals surface area contributed by atoms with E-state index in [-0.39, 0.29) is 17.9 Å². The molecule has 0 bridgehead atoms. The lowest BCUT2D eigenvalue weighted by atomic mass is 10.0. The molecule has 0 radical (unpaired) electrons. The van der Waals surface area contributed by atoms with Crippen molar-refractivity contribution < 1.29 is 13.9 Å². The van der Waals surface area contributed by atoms with Crippen molar-refractivity contribution in [1.82, 2.24) is 9.38 Å². The van der Waals surface area contributed by atoms with Crippen molar-refractivity contribution in [3.8, 4) is 0 Å². The van der Waals surface area contributed by atoms with Gasteiger partial charge in [-0.1, -0.05) is 18.2 Å². The zero-order valence-electron chi connectivity index (χ0n) is 15.4. The topological polar surface area (TPSA) is 73.8 Å². The normalized spacial score (nSPS) is 13.8. The number of ether oxygens (including phenoxy) is 1. The molecule has 1 aromatic carbocycles. The summed E-state index contributed by atoms with van der Waals surface area (Å²) >= 11 is 1.56. The summed E-state index contributed by atoms with van der Waals surface area (Å²) in [5, 5.41) is 0.886. The van der Waals surface area contributed by atoms with Gasteiger partial charge in [0, 0.05) is 27.6 Å². The number of carbonyl (C=O) groups is 1. The van der Waals surface area contributed by atoms with Crippen molar-refractivity contribution >= 4 is 33.2 Å². The quantitative estimate of drug-likeness (QED) is 0.490. The molecule has 0 amide bonds. The second-order valence-electron chi connectivity index (χ2n) is 7.01. The number of fused-ring (bicyclic) bond motifs is 4. The maximum absolute atomic E-state index is 12.6. The van der Waals surface area contributed by atoms with Crippen LogP contribution >= 0.6 is 11.3 Å². The Balaban J connectivity index is 1.41. The number of hydrogen-bond acceptors (Lipinski definition) is 6. The van der Waals surface area contributed by atoms with Gasteiger partial charge < -0.3 is 9.15 Å². The lowest BCUT2D eigenvalue weighted by molar-refractivity contribution is 0.0432. The van der Waals surface area contributed by atoms with E-state index in [2.05, 4.69) is 4.98 Å². The predicted octanol–water partition coefficient (Wildman–Crippen LogP) is 4.05. The van der Waals surface area contributed by atoms with Crippen molar-refractivity contribution in [2.24, 2.45) is 0 Å². The summed E-state index contributed by atoms with van der Waals surface area (Å²) in [7, 11) is 0. The van der Waals surface area contributed by atoms with Crippen LogP contribution in [0.4, 0.5) is 0 Å². The van der Waals surface area contributed by atoms with E-state index < -0.39 is 5.97 Å². The second kappa shape index (κ2) is 6.60. The fourth-order valence-electron chi connectivity index (χ4n) is 3.79. The summed E-state index contributed by atoms with van der Waals surface area (Å²) in [6, 6.07) is 8.92. The number of furan rings is 1. The second-order valence-corrected chi connectivity index (χ2v) is 8.07. The molecule has 0 unspecified atom stereocenters. The van der Waals surface area contributed by atoms with Crippen LogP contribution in [0.5, 0.6) is 0 Å². The van der Waals surface area contributed by atoms with Gasteiger partial charge in [-0.2, -0.15) is 0 Å². The van der Waals surface area contributed by atoms with E-state index in [4.69, 9.17) is 9.15 Å². The average Bonchev–Trinajstić information content (AvgIpc) is 3.24. The van der Waals surface area contributed by atoms with E-state index in [9.17, 15) is 9.59 Å². The lowest BCUT2D eigenvalue weighted by Gasteiger charge is -2.10. The molecule has 0 N–H and O–H groups in total. The van der Waals surface area contributed by atoms with E-state index >= 15 is 0 Å². The number of esters is 1. The minimum Gasteiger partial charge on any atom is -0.453 e. The maximum Gasteiger partial charge on any atom is 0.374 e. The van der Waals surface area contributed by atoms with Gasteiger partial charge in [0.2, 0.25) is 5.76 Å². The zero-order valence-corrected chi connectivity index (χ0v) is 16.2. The van der Waals surface area contributed by atoms with Gasteiger partial charge in [-0.05, 0) is 38.7 Å². The Morgan fingerprint density at radius 3 is 2.96 bits per heavy atom. The van der Waals surface area contributed by atoms with Gasteiger partial charge in [0.25, 0.3) is 5.56 Å². The molecule has 0 atom stereocenters.